The first-order valence-electron chi connectivity index (χ1n) is 24.1. The van der Waals surface area contributed by atoms with E-state index in [1.807, 2.05) is 98.8 Å². The van der Waals surface area contributed by atoms with Crippen molar-refractivity contribution in [3.63, 3.8) is 0 Å². The third-order valence-corrected chi connectivity index (χ3v) is 14.3. The molecule has 0 radical (unpaired) electrons. The SMILES string of the molecule is Cc1ncsc1-c1ccc(CNC(=O)[C@@H]2C[C@@H](O)CN2C(=O)[C@@H](NC(=O)c2ccc(CCCCCOc3cc(F)c([C@@H]4c5[nH]c6ccccc6c5CCN4CC(C)(C)F)c(F)c3)cc2)C(C)(C)C)cc1. The molecular weight excluding hydrogens is 914 g/mol. The summed E-state index contributed by atoms with van der Waals surface area (Å²) in [6.07, 6.45) is 2.80. The molecule has 6 aromatic rings. The van der Waals surface area contributed by atoms with Gasteiger partial charge in [-0.3, -0.25) is 19.3 Å². The van der Waals surface area contributed by atoms with E-state index < -0.39 is 58.8 Å². The maximum absolute atomic E-state index is 16.0. The first-order valence-corrected chi connectivity index (χ1v) is 25.0. The Kier molecular flexibility index (Phi) is 15.2. The van der Waals surface area contributed by atoms with Gasteiger partial charge in [0.15, 0.2) is 0 Å². The molecule has 2 aliphatic rings. The number of aliphatic hydroxyl groups excluding tert-OH is 1. The number of ether oxygens (including phenoxy) is 1. The smallest absolute Gasteiger partial charge is 0.251 e. The summed E-state index contributed by atoms with van der Waals surface area (Å²) >= 11 is 1.57. The van der Waals surface area contributed by atoms with Crippen molar-refractivity contribution in [1.82, 2.24) is 30.4 Å². The Morgan fingerprint density at radius 1 is 0.943 bits per heavy atom. The zero-order chi connectivity index (χ0) is 49.9. The van der Waals surface area contributed by atoms with Crippen LogP contribution in [0.25, 0.3) is 21.3 Å². The molecule has 2 aromatic heterocycles. The number of H-pyrrole nitrogens is 1. The molecule has 1 fully saturated rings. The summed E-state index contributed by atoms with van der Waals surface area (Å²) in [4.78, 5) is 53.3. The number of aryl methyl sites for hydroxylation is 2. The lowest BCUT2D eigenvalue weighted by Crippen LogP contribution is -2.57. The van der Waals surface area contributed by atoms with Crippen molar-refractivity contribution in [2.24, 2.45) is 5.41 Å². The zero-order valence-corrected chi connectivity index (χ0v) is 41.5. The molecule has 2 aliphatic heterocycles. The van der Waals surface area contributed by atoms with Gasteiger partial charge in [-0.25, -0.2) is 18.2 Å². The van der Waals surface area contributed by atoms with Crippen LogP contribution in [0.3, 0.4) is 0 Å². The number of carbonyl (C=O) groups excluding carboxylic acids is 3. The molecule has 8 rings (SSSR count). The van der Waals surface area contributed by atoms with E-state index in [0.717, 1.165) is 63.0 Å². The van der Waals surface area contributed by atoms with E-state index in [9.17, 15) is 19.5 Å². The highest BCUT2D eigenvalue weighted by atomic mass is 32.1. The van der Waals surface area contributed by atoms with Crippen LogP contribution in [0.15, 0.2) is 90.4 Å². The van der Waals surface area contributed by atoms with Gasteiger partial charge < -0.3 is 30.4 Å². The van der Waals surface area contributed by atoms with Gasteiger partial charge in [0, 0.05) is 72.5 Å². The summed E-state index contributed by atoms with van der Waals surface area (Å²) in [7, 11) is 0. The number of unbranched alkanes of at least 4 members (excludes halogenated alkanes) is 2. The largest absolute Gasteiger partial charge is 0.493 e. The number of hydrogen-bond donors (Lipinski definition) is 4. The molecule has 4 heterocycles. The Hall–Kier alpha value is -6.03. The van der Waals surface area contributed by atoms with Crippen molar-refractivity contribution in [1.29, 1.82) is 0 Å². The molecule has 4 atom stereocenters. The summed E-state index contributed by atoms with van der Waals surface area (Å²) in [6.45, 7) is 11.4. The topological polar surface area (TPSA) is 140 Å². The number of aliphatic hydroxyl groups is 1. The fourth-order valence-electron chi connectivity index (χ4n) is 9.79. The number of amides is 3. The molecule has 1 saturated heterocycles. The quantitative estimate of drug-likeness (QED) is 0.0668. The molecule has 0 spiro atoms. The van der Waals surface area contributed by atoms with Crippen molar-refractivity contribution < 1.29 is 37.4 Å². The lowest BCUT2D eigenvalue weighted by atomic mass is 9.85. The van der Waals surface area contributed by atoms with Crippen molar-refractivity contribution in [2.45, 2.75) is 117 Å². The van der Waals surface area contributed by atoms with E-state index >= 15 is 13.2 Å². The Labute approximate surface area is 411 Å². The van der Waals surface area contributed by atoms with Crippen molar-refractivity contribution in [3.05, 3.63) is 141 Å². The number of likely N-dealkylation sites (tertiary alicyclic amines) is 1. The van der Waals surface area contributed by atoms with Crippen LogP contribution in [-0.4, -0.2) is 92.7 Å². The van der Waals surface area contributed by atoms with Crippen LogP contribution in [-0.2, 0) is 29.0 Å². The minimum atomic E-state index is -1.58. The van der Waals surface area contributed by atoms with Crippen LogP contribution in [0, 0.1) is 24.0 Å². The molecule has 11 nitrogen and oxygen atoms in total. The van der Waals surface area contributed by atoms with Crippen molar-refractivity contribution in [3.8, 4) is 16.2 Å². The first-order chi connectivity index (χ1) is 33.3. The van der Waals surface area contributed by atoms with E-state index in [1.54, 1.807) is 23.5 Å². The Morgan fingerprint density at radius 2 is 1.64 bits per heavy atom. The molecule has 370 valence electrons. The second-order valence-electron chi connectivity index (χ2n) is 20.4. The van der Waals surface area contributed by atoms with Gasteiger partial charge >= 0.3 is 0 Å². The number of halogens is 3. The van der Waals surface area contributed by atoms with Gasteiger partial charge in [0.2, 0.25) is 11.8 Å². The molecule has 15 heteroatoms. The third-order valence-electron chi connectivity index (χ3n) is 13.3. The number of benzene rings is 4. The molecule has 4 N–H and O–H groups in total. The minimum Gasteiger partial charge on any atom is -0.493 e. The van der Waals surface area contributed by atoms with E-state index in [2.05, 4.69) is 20.6 Å². The number of aromatic nitrogens is 2. The number of rotatable bonds is 17. The van der Waals surface area contributed by atoms with Gasteiger partial charge in [-0.05, 0) is 98.7 Å². The van der Waals surface area contributed by atoms with Crippen LogP contribution in [0.4, 0.5) is 13.2 Å². The number of nitrogens with one attached hydrogen (secondary N) is 3. The lowest BCUT2D eigenvalue weighted by Gasteiger charge is -2.38. The number of carbonyl (C=O) groups is 3. The molecule has 0 aliphatic carbocycles. The number of aromatic amines is 1. The first kappa shape index (κ1) is 50.4. The van der Waals surface area contributed by atoms with Gasteiger partial charge in [-0.15, -0.1) is 11.3 Å². The van der Waals surface area contributed by atoms with Crippen LogP contribution in [0.5, 0.6) is 5.75 Å². The monoisotopic (exact) mass is 976 g/mol. The normalized spacial score (nSPS) is 17.9. The number of alkyl halides is 1. The summed E-state index contributed by atoms with van der Waals surface area (Å²) in [5.74, 6) is -2.65. The van der Waals surface area contributed by atoms with Gasteiger partial charge in [0.1, 0.15) is 35.1 Å². The number of nitrogens with zero attached hydrogens (tertiary/aromatic N) is 3. The molecule has 0 bridgehead atoms. The Balaban J connectivity index is 0.814. The molecule has 70 heavy (non-hydrogen) atoms. The van der Waals surface area contributed by atoms with Crippen molar-refractivity contribution in [2.75, 3.05) is 26.2 Å². The fraction of sp³-hybridized carbons (Fsp3) is 0.418. The van der Waals surface area contributed by atoms with E-state index in [0.29, 0.717) is 30.6 Å². The number of hydrogen-bond acceptors (Lipinski definition) is 8. The maximum atomic E-state index is 16.0. The van der Waals surface area contributed by atoms with Crippen LogP contribution < -0.4 is 15.4 Å². The van der Waals surface area contributed by atoms with E-state index in [4.69, 9.17) is 4.74 Å². The molecule has 0 unspecified atom stereocenters. The zero-order valence-electron chi connectivity index (χ0n) is 40.7. The van der Waals surface area contributed by atoms with E-state index in [1.165, 1.54) is 30.9 Å². The highest BCUT2D eigenvalue weighted by molar-refractivity contribution is 7.13. The van der Waals surface area contributed by atoms with Crippen molar-refractivity contribution >= 4 is 40.0 Å². The van der Waals surface area contributed by atoms with Gasteiger partial charge in [0.05, 0.1) is 34.8 Å². The molecule has 3 amide bonds. The van der Waals surface area contributed by atoms with Gasteiger partial charge in [-0.1, -0.05) is 75.4 Å². The number of fused-ring (bicyclic) bond motifs is 3. The number of β-amino-alcohol motifs (C(OH)–C–C–N with tert-alkyl or cyclic N) is 1. The predicted molar refractivity (Wildman–Crippen MR) is 267 cm³/mol. The fourth-order valence-corrected chi connectivity index (χ4v) is 10.6. The van der Waals surface area contributed by atoms with Gasteiger partial charge in [0.25, 0.3) is 5.91 Å². The summed E-state index contributed by atoms with van der Waals surface area (Å²) in [5, 5.41) is 17.5. The Bertz CT molecular complexity index is 2790. The van der Waals surface area contributed by atoms with Crippen LogP contribution in [0.2, 0.25) is 0 Å². The summed E-state index contributed by atoms with van der Waals surface area (Å²) < 4.78 is 52.9. The second-order valence-corrected chi connectivity index (χ2v) is 21.3. The summed E-state index contributed by atoms with van der Waals surface area (Å²) in [5.41, 5.74) is 6.19. The molecule has 4 aromatic carbocycles. The minimum absolute atomic E-state index is 0.00671. The van der Waals surface area contributed by atoms with Gasteiger partial charge in [-0.2, -0.15) is 0 Å². The standard InChI is InChI=1S/C55H63F3N6O5S/c1-33-49(70-32-60-33)36-19-17-35(18-20-36)29-59-52(67)45-26-38(65)30-64(45)53(68)50(54(2,3)4)62-51(66)37-21-15-34(16-22-37)12-8-7-11-25-69-39-27-42(56)46(43(57)28-39)48-47-41(23-24-63(48)31-55(5,6)58)40-13-9-10-14-44(40)61-47/h9-10,13-22,27-28,32,38,45,48,50,61,65H,7-8,11-12,23-26,29-31H2,1-6H3,(H,59,67)(H,62,66)/t38-,45+,48-,50-/m1/s1. The lowest BCUT2D eigenvalue weighted by molar-refractivity contribution is -0.142. The molecular formula is C55H63F3N6O5S. The summed E-state index contributed by atoms with van der Waals surface area (Å²) in [6, 6.07) is 22.5. The highest BCUT2D eigenvalue weighted by Crippen LogP contribution is 2.42. The van der Waals surface area contributed by atoms with Crippen LogP contribution >= 0.6 is 11.3 Å². The maximum Gasteiger partial charge on any atom is 0.251 e. The van der Waals surface area contributed by atoms with Crippen LogP contribution in [0.1, 0.15) is 110 Å². The number of para-hydroxylation sites is 1. The average molecular weight is 977 g/mol. The predicted octanol–water partition coefficient (Wildman–Crippen LogP) is 9.79. The highest BCUT2D eigenvalue weighted by Gasteiger charge is 2.45. The second kappa shape index (κ2) is 21.1. The molecule has 0 saturated carbocycles. The average Bonchev–Trinajstić information content (AvgIpc) is 4.04. The number of thiazole rings is 1. The third kappa shape index (κ3) is 11.6. The van der Waals surface area contributed by atoms with E-state index in [-0.39, 0.29) is 49.9 Å². The Morgan fingerprint density at radius 3 is 2.31 bits per heavy atom.